The number of hydrogen-bond donors (Lipinski definition) is 1. The van der Waals surface area contributed by atoms with Crippen LogP contribution in [0.5, 0.6) is 5.75 Å². The number of nitro groups is 1. The van der Waals surface area contributed by atoms with E-state index in [0.717, 1.165) is 4.90 Å². The van der Waals surface area contributed by atoms with E-state index in [0.29, 0.717) is 5.56 Å². The molecule has 28 heavy (non-hydrogen) atoms. The van der Waals surface area contributed by atoms with Gasteiger partial charge in [-0.25, -0.2) is 4.79 Å². The maximum absolute atomic E-state index is 12.8. The number of rotatable bonds is 5. The summed E-state index contributed by atoms with van der Waals surface area (Å²) in [7, 11) is 1.36. The molecule has 9 nitrogen and oxygen atoms in total. The van der Waals surface area contributed by atoms with Crippen LogP contribution in [0.4, 0.5) is 10.5 Å². The average Bonchev–Trinajstić information content (AvgIpc) is 2.69. The van der Waals surface area contributed by atoms with Crippen molar-refractivity contribution >= 4 is 29.6 Å². The first-order valence-electron chi connectivity index (χ1n) is 8.16. The molecule has 4 amide bonds. The number of carbonyl (C=O) groups excluding carboxylic acids is 3. The van der Waals surface area contributed by atoms with E-state index in [2.05, 4.69) is 5.32 Å². The van der Waals surface area contributed by atoms with E-state index >= 15 is 0 Å². The number of benzene rings is 2. The molecule has 0 bridgehead atoms. The van der Waals surface area contributed by atoms with Crippen LogP contribution < -0.4 is 10.1 Å². The number of amides is 4. The molecule has 3 rings (SSSR count). The second kappa shape index (κ2) is 7.70. The Morgan fingerprint density at radius 2 is 1.86 bits per heavy atom. The van der Waals surface area contributed by atoms with E-state index in [1.807, 2.05) is 0 Å². The fourth-order valence-electron chi connectivity index (χ4n) is 2.71. The van der Waals surface area contributed by atoms with E-state index in [-0.39, 0.29) is 29.1 Å². The molecular weight excluding hydrogens is 366 g/mol. The van der Waals surface area contributed by atoms with Gasteiger partial charge in [-0.3, -0.25) is 29.9 Å². The number of nitrogens with one attached hydrogen (secondary N) is 1. The normalized spacial score (nSPS) is 15.5. The van der Waals surface area contributed by atoms with Crippen molar-refractivity contribution in [3.63, 3.8) is 0 Å². The highest BCUT2D eigenvalue weighted by Gasteiger charge is 2.36. The summed E-state index contributed by atoms with van der Waals surface area (Å²) in [5.41, 5.74) is 0.319. The molecule has 1 saturated heterocycles. The zero-order valence-electron chi connectivity index (χ0n) is 14.7. The fourth-order valence-corrected chi connectivity index (χ4v) is 2.71. The fraction of sp³-hybridized carbons (Fsp3) is 0.105. The predicted octanol–water partition coefficient (Wildman–Crippen LogP) is 2.27. The summed E-state index contributed by atoms with van der Waals surface area (Å²) >= 11 is 0. The molecule has 0 spiro atoms. The number of urea groups is 1. The van der Waals surface area contributed by atoms with Gasteiger partial charge in [0, 0.05) is 17.7 Å². The van der Waals surface area contributed by atoms with E-state index in [1.165, 1.54) is 31.4 Å². The summed E-state index contributed by atoms with van der Waals surface area (Å²) in [4.78, 5) is 48.4. The summed E-state index contributed by atoms with van der Waals surface area (Å²) in [6, 6.07) is 11.8. The third-order valence-electron chi connectivity index (χ3n) is 4.09. The Balaban J connectivity index is 1.99. The highest BCUT2D eigenvalue weighted by atomic mass is 16.6. The lowest BCUT2D eigenvalue weighted by Crippen LogP contribution is -2.53. The molecule has 0 unspecified atom stereocenters. The molecule has 0 radical (unpaired) electrons. The lowest BCUT2D eigenvalue weighted by Gasteiger charge is -2.26. The third kappa shape index (κ3) is 3.73. The summed E-state index contributed by atoms with van der Waals surface area (Å²) in [5.74, 6) is -1.44. The van der Waals surface area contributed by atoms with Crippen molar-refractivity contribution in [1.82, 2.24) is 10.2 Å². The van der Waals surface area contributed by atoms with Gasteiger partial charge >= 0.3 is 6.03 Å². The van der Waals surface area contributed by atoms with Crippen LogP contribution in [-0.4, -0.2) is 34.8 Å². The maximum Gasteiger partial charge on any atom is 0.331 e. The highest BCUT2D eigenvalue weighted by Crippen LogP contribution is 2.27. The highest BCUT2D eigenvalue weighted by molar-refractivity contribution is 6.31. The molecule has 9 heteroatoms. The summed E-state index contributed by atoms with van der Waals surface area (Å²) in [6.07, 6.45) is 1.17. The number of barbiturate groups is 1. The molecule has 1 N–H and O–H groups in total. The predicted molar refractivity (Wildman–Crippen MR) is 98.2 cm³/mol. The molecule has 2 aromatic rings. The van der Waals surface area contributed by atoms with E-state index in [9.17, 15) is 24.5 Å². The number of nitro benzene ring substituents is 1. The number of carbonyl (C=O) groups is 3. The molecule has 1 aliphatic rings. The van der Waals surface area contributed by atoms with Gasteiger partial charge in [-0.2, -0.15) is 0 Å². The summed E-state index contributed by atoms with van der Waals surface area (Å²) in [5, 5.41) is 13.1. The van der Waals surface area contributed by atoms with Gasteiger partial charge in [-0.1, -0.05) is 30.3 Å². The molecule has 0 saturated carbocycles. The van der Waals surface area contributed by atoms with Gasteiger partial charge < -0.3 is 4.74 Å². The SMILES string of the molecule is COc1ccc([N+](=O)[O-])cc1/C=C1\C(=O)NC(=O)N(Cc2ccccc2)C1=O. The maximum atomic E-state index is 12.8. The van der Waals surface area contributed by atoms with Crippen LogP contribution in [0.15, 0.2) is 54.1 Å². The van der Waals surface area contributed by atoms with Crippen molar-refractivity contribution in [2.24, 2.45) is 0 Å². The lowest BCUT2D eigenvalue weighted by molar-refractivity contribution is -0.384. The van der Waals surface area contributed by atoms with Crippen molar-refractivity contribution < 1.29 is 24.0 Å². The van der Waals surface area contributed by atoms with Gasteiger partial charge in [-0.05, 0) is 17.7 Å². The standard InChI is InChI=1S/C19H15N3O6/c1-28-16-8-7-14(22(26)27)9-13(16)10-15-17(23)20-19(25)21(18(15)24)11-12-5-3-2-4-6-12/h2-10H,11H2,1H3,(H,20,23,25)/b15-10+. The summed E-state index contributed by atoms with van der Waals surface area (Å²) in [6.45, 7) is -0.0256. The van der Waals surface area contributed by atoms with Gasteiger partial charge in [0.25, 0.3) is 17.5 Å². The van der Waals surface area contributed by atoms with Crippen molar-refractivity contribution in [2.45, 2.75) is 6.54 Å². The van der Waals surface area contributed by atoms with Gasteiger partial charge in [0.1, 0.15) is 11.3 Å². The molecule has 0 aromatic heterocycles. The Hall–Kier alpha value is -4.01. The Kier molecular flexibility index (Phi) is 5.16. The largest absolute Gasteiger partial charge is 0.496 e. The molecular formula is C19H15N3O6. The van der Waals surface area contributed by atoms with E-state index in [4.69, 9.17) is 4.74 Å². The minimum atomic E-state index is -0.882. The average molecular weight is 381 g/mol. The Morgan fingerprint density at radius 3 is 2.50 bits per heavy atom. The van der Waals surface area contributed by atoms with Gasteiger partial charge in [0.2, 0.25) is 0 Å². The van der Waals surface area contributed by atoms with Crippen LogP contribution in [0, 0.1) is 10.1 Å². The van der Waals surface area contributed by atoms with Crippen LogP contribution >= 0.6 is 0 Å². The van der Waals surface area contributed by atoms with Crippen molar-refractivity contribution in [2.75, 3.05) is 7.11 Å². The van der Waals surface area contributed by atoms with Gasteiger partial charge in [-0.15, -0.1) is 0 Å². The quantitative estimate of drug-likeness (QED) is 0.367. The van der Waals surface area contributed by atoms with Crippen molar-refractivity contribution in [3.05, 3.63) is 75.3 Å². The number of hydrogen-bond acceptors (Lipinski definition) is 6. The number of methoxy groups -OCH3 is 1. The monoisotopic (exact) mass is 381 g/mol. The number of non-ortho nitro benzene ring substituents is 1. The van der Waals surface area contributed by atoms with Crippen molar-refractivity contribution in [1.29, 1.82) is 0 Å². The summed E-state index contributed by atoms with van der Waals surface area (Å²) < 4.78 is 5.14. The Bertz CT molecular complexity index is 1000. The van der Waals surface area contributed by atoms with Crippen LogP contribution in [0.1, 0.15) is 11.1 Å². The van der Waals surface area contributed by atoms with Crippen LogP contribution in [-0.2, 0) is 16.1 Å². The zero-order chi connectivity index (χ0) is 20.3. The van der Waals surface area contributed by atoms with E-state index < -0.39 is 22.8 Å². The van der Waals surface area contributed by atoms with Crippen LogP contribution in [0.2, 0.25) is 0 Å². The number of ether oxygens (including phenoxy) is 1. The minimum Gasteiger partial charge on any atom is -0.496 e. The first-order chi connectivity index (χ1) is 13.4. The minimum absolute atomic E-state index is 0.0256. The topological polar surface area (TPSA) is 119 Å². The molecule has 1 heterocycles. The number of nitrogens with zero attached hydrogens (tertiary/aromatic N) is 2. The van der Waals surface area contributed by atoms with Crippen molar-refractivity contribution in [3.8, 4) is 5.75 Å². The van der Waals surface area contributed by atoms with Crippen LogP contribution in [0.25, 0.3) is 6.08 Å². The number of imide groups is 2. The first kappa shape index (κ1) is 18.8. The molecule has 0 aliphatic carbocycles. The molecule has 142 valence electrons. The molecule has 2 aromatic carbocycles. The van der Waals surface area contributed by atoms with Gasteiger partial charge in [0.05, 0.1) is 18.6 Å². The Morgan fingerprint density at radius 1 is 1.14 bits per heavy atom. The second-order valence-corrected chi connectivity index (χ2v) is 5.88. The third-order valence-corrected chi connectivity index (χ3v) is 4.09. The lowest BCUT2D eigenvalue weighted by atomic mass is 10.1. The smallest absolute Gasteiger partial charge is 0.331 e. The first-order valence-corrected chi connectivity index (χ1v) is 8.16. The Labute approximate surface area is 159 Å². The molecule has 1 fully saturated rings. The van der Waals surface area contributed by atoms with Gasteiger partial charge in [0.15, 0.2) is 0 Å². The zero-order valence-corrected chi connectivity index (χ0v) is 14.7. The van der Waals surface area contributed by atoms with Crippen LogP contribution in [0.3, 0.4) is 0 Å². The van der Waals surface area contributed by atoms with E-state index in [1.54, 1.807) is 30.3 Å². The molecule has 1 aliphatic heterocycles. The second-order valence-electron chi connectivity index (χ2n) is 5.88. The molecule has 0 atom stereocenters.